The van der Waals surface area contributed by atoms with Crippen LogP contribution in [0.3, 0.4) is 0 Å². The molecule has 0 radical (unpaired) electrons. The largest absolute Gasteiger partial charge is 0.464 e. The highest BCUT2D eigenvalue weighted by molar-refractivity contribution is 5.92. The Balaban J connectivity index is 1.26. The van der Waals surface area contributed by atoms with Gasteiger partial charge in [-0.25, -0.2) is 9.97 Å². The zero-order valence-corrected chi connectivity index (χ0v) is 20.7. The van der Waals surface area contributed by atoms with E-state index in [0.717, 1.165) is 87.2 Å². The fourth-order valence-corrected chi connectivity index (χ4v) is 5.48. The molecule has 180 valence electrons. The molecule has 0 aliphatic carbocycles. The predicted octanol–water partition coefficient (Wildman–Crippen LogP) is 5.00. The molecular formula is C28H36N4O2. The maximum atomic E-state index is 13.5. The van der Waals surface area contributed by atoms with Gasteiger partial charge in [-0.15, -0.1) is 0 Å². The van der Waals surface area contributed by atoms with Gasteiger partial charge in [0.05, 0.1) is 6.26 Å². The van der Waals surface area contributed by atoms with Crippen LogP contribution < -0.4 is 0 Å². The summed E-state index contributed by atoms with van der Waals surface area (Å²) in [6.45, 7) is 7.89. The van der Waals surface area contributed by atoms with Crippen LogP contribution >= 0.6 is 0 Å². The first-order chi connectivity index (χ1) is 16.4. The molecule has 0 bridgehead atoms. The molecule has 1 amide bonds. The number of piperidine rings is 1. The maximum absolute atomic E-state index is 13.5. The van der Waals surface area contributed by atoms with Crippen LogP contribution in [0, 0.1) is 12.8 Å². The Morgan fingerprint density at radius 2 is 1.91 bits per heavy atom. The minimum atomic E-state index is -0.0630. The Labute approximate surface area is 202 Å². The van der Waals surface area contributed by atoms with Crippen LogP contribution in [0.4, 0.5) is 0 Å². The van der Waals surface area contributed by atoms with Crippen molar-refractivity contribution in [2.75, 3.05) is 33.2 Å². The first-order valence-corrected chi connectivity index (χ1v) is 12.7. The van der Waals surface area contributed by atoms with E-state index in [1.54, 1.807) is 6.26 Å². The molecule has 1 atom stereocenters. The normalized spacial score (nSPS) is 21.5. The molecule has 0 saturated carbocycles. The van der Waals surface area contributed by atoms with E-state index in [4.69, 9.17) is 14.4 Å². The minimum absolute atomic E-state index is 0.0564. The molecule has 2 aliphatic rings. The topological polar surface area (TPSA) is 62.5 Å². The molecule has 3 aromatic rings. The molecule has 1 aromatic carbocycles. The molecule has 0 N–H and O–H groups in total. The third-order valence-electron chi connectivity index (χ3n) is 7.88. The van der Waals surface area contributed by atoms with Gasteiger partial charge in [-0.3, -0.25) is 4.79 Å². The molecule has 5 rings (SSSR count). The fraction of sp³-hybridized carbons (Fsp3) is 0.536. The van der Waals surface area contributed by atoms with Crippen LogP contribution in [-0.2, 0) is 11.8 Å². The Morgan fingerprint density at radius 3 is 2.74 bits per heavy atom. The lowest BCUT2D eigenvalue weighted by molar-refractivity contribution is 0.0752. The summed E-state index contributed by atoms with van der Waals surface area (Å²) in [4.78, 5) is 27.5. The third-order valence-corrected chi connectivity index (χ3v) is 7.88. The number of carbonyl (C=O) groups excluding carboxylic acids is 1. The molecule has 2 aromatic heterocycles. The standard InChI is InChI=1S/C28H36N4O2/c1-20-17-24(30-27(29-20)28(2)10-14-31(3)15-11-28)26(33)32-12-4-5-21(8-13-32)18-22-6-7-23-9-16-34-25(23)19-22/h6-7,9,16-17,19,21H,4-5,8,10-15,18H2,1-3H3. The first kappa shape index (κ1) is 23.0. The maximum Gasteiger partial charge on any atom is 0.272 e. The van der Waals surface area contributed by atoms with Crippen molar-refractivity contribution in [3.05, 3.63) is 59.4 Å². The van der Waals surface area contributed by atoms with E-state index < -0.39 is 0 Å². The smallest absolute Gasteiger partial charge is 0.272 e. The first-order valence-electron chi connectivity index (χ1n) is 12.7. The van der Waals surface area contributed by atoms with E-state index in [1.807, 2.05) is 24.0 Å². The Kier molecular flexibility index (Phi) is 6.43. The van der Waals surface area contributed by atoms with Crippen LogP contribution in [0.5, 0.6) is 0 Å². The van der Waals surface area contributed by atoms with Crippen molar-refractivity contribution in [1.82, 2.24) is 19.8 Å². The molecule has 4 heterocycles. The van der Waals surface area contributed by atoms with Gasteiger partial charge in [-0.2, -0.15) is 0 Å². The Bertz CT molecular complexity index is 1160. The number of amides is 1. The molecular weight excluding hydrogens is 424 g/mol. The van der Waals surface area contributed by atoms with E-state index in [2.05, 4.69) is 37.1 Å². The second kappa shape index (κ2) is 9.49. The van der Waals surface area contributed by atoms with Crippen molar-refractivity contribution in [3.8, 4) is 0 Å². The van der Waals surface area contributed by atoms with Crippen LogP contribution in [-0.4, -0.2) is 58.9 Å². The number of aryl methyl sites for hydroxylation is 1. The fourth-order valence-electron chi connectivity index (χ4n) is 5.48. The highest BCUT2D eigenvalue weighted by atomic mass is 16.3. The number of hydrogen-bond acceptors (Lipinski definition) is 5. The minimum Gasteiger partial charge on any atom is -0.464 e. The number of fused-ring (bicyclic) bond motifs is 1. The van der Waals surface area contributed by atoms with Gasteiger partial charge in [0, 0.05) is 29.6 Å². The summed E-state index contributed by atoms with van der Waals surface area (Å²) in [6, 6.07) is 10.4. The lowest BCUT2D eigenvalue weighted by atomic mass is 9.79. The number of rotatable bonds is 4. The van der Waals surface area contributed by atoms with E-state index >= 15 is 0 Å². The van der Waals surface area contributed by atoms with Crippen LogP contribution in [0.2, 0.25) is 0 Å². The predicted molar refractivity (Wildman–Crippen MR) is 134 cm³/mol. The summed E-state index contributed by atoms with van der Waals surface area (Å²) in [5, 5.41) is 1.15. The van der Waals surface area contributed by atoms with Gasteiger partial charge in [0.25, 0.3) is 5.91 Å². The van der Waals surface area contributed by atoms with Crippen molar-refractivity contribution < 1.29 is 9.21 Å². The molecule has 0 spiro atoms. The number of hydrogen-bond donors (Lipinski definition) is 0. The van der Waals surface area contributed by atoms with Crippen molar-refractivity contribution in [1.29, 1.82) is 0 Å². The van der Waals surface area contributed by atoms with Crippen LogP contribution in [0.15, 0.2) is 41.0 Å². The number of aromatic nitrogens is 2. The average Bonchev–Trinajstić information content (AvgIpc) is 3.18. The van der Waals surface area contributed by atoms with E-state index in [1.165, 1.54) is 5.56 Å². The molecule has 6 heteroatoms. The van der Waals surface area contributed by atoms with Gasteiger partial charge >= 0.3 is 0 Å². The number of furan rings is 1. The summed E-state index contributed by atoms with van der Waals surface area (Å²) < 4.78 is 5.58. The SMILES string of the molecule is Cc1cc(C(=O)N2CCCC(Cc3ccc4ccoc4c3)CC2)nc(C2(C)CCN(C)CC2)n1. The molecule has 2 saturated heterocycles. The van der Waals surface area contributed by atoms with E-state index in [9.17, 15) is 4.79 Å². The molecule has 2 fully saturated rings. The van der Waals surface area contributed by atoms with Gasteiger partial charge in [-0.1, -0.05) is 19.1 Å². The highest BCUT2D eigenvalue weighted by Gasteiger charge is 2.34. The Morgan fingerprint density at radius 1 is 1.09 bits per heavy atom. The second-order valence-electron chi connectivity index (χ2n) is 10.7. The van der Waals surface area contributed by atoms with Crippen molar-refractivity contribution in [2.45, 2.75) is 57.8 Å². The molecule has 1 unspecified atom stereocenters. The van der Waals surface area contributed by atoms with Gasteiger partial charge in [0.15, 0.2) is 0 Å². The quantitative estimate of drug-likeness (QED) is 0.548. The van der Waals surface area contributed by atoms with E-state index in [-0.39, 0.29) is 11.3 Å². The van der Waals surface area contributed by atoms with Gasteiger partial charge < -0.3 is 14.2 Å². The number of likely N-dealkylation sites (tertiary alicyclic amines) is 2. The zero-order valence-electron chi connectivity index (χ0n) is 20.7. The van der Waals surface area contributed by atoms with Gasteiger partial charge in [0.1, 0.15) is 17.1 Å². The summed E-state index contributed by atoms with van der Waals surface area (Å²) in [5.74, 6) is 1.47. The zero-order chi connectivity index (χ0) is 23.7. The van der Waals surface area contributed by atoms with Crippen LogP contribution in [0.1, 0.15) is 66.6 Å². The molecule has 6 nitrogen and oxygen atoms in total. The average molecular weight is 461 g/mol. The van der Waals surface area contributed by atoms with Crippen molar-refractivity contribution in [3.63, 3.8) is 0 Å². The number of carbonyl (C=O) groups is 1. The monoisotopic (exact) mass is 460 g/mol. The second-order valence-corrected chi connectivity index (χ2v) is 10.7. The van der Waals surface area contributed by atoms with Crippen molar-refractivity contribution >= 4 is 16.9 Å². The van der Waals surface area contributed by atoms with Crippen molar-refractivity contribution in [2.24, 2.45) is 5.92 Å². The Hall–Kier alpha value is -2.73. The number of benzene rings is 1. The summed E-state index contributed by atoms with van der Waals surface area (Å²) in [6.07, 6.45) is 8.01. The summed E-state index contributed by atoms with van der Waals surface area (Å²) in [5.41, 5.74) is 3.65. The number of nitrogens with zero attached hydrogens (tertiary/aromatic N) is 4. The van der Waals surface area contributed by atoms with E-state index in [0.29, 0.717) is 11.6 Å². The summed E-state index contributed by atoms with van der Waals surface area (Å²) in [7, 11) is 2.16. The lowest BCUT2D eigenvalue weighted by Crippen LogP contribution is -2.40. The molecule has 34 heavy (non-hydrogen) atoms. The summed E-state index contributed by atoms with van der Waals surface area (Å²) >= 11 is 0. The van der Waals surface area contributed by atoms with Gasteiger partial charge in [0.2, 0.25) is 0 Å². The highest BCUT2D eigenvalue weighted by Crippen LogP contribution is 2.33. The van der Waals surface area contributed by atoms with Crippen LogP contribution in [0.25, 0.3) is 11.0 Å². The lowest BCUT2D eigenvalue weighted by Gasteiger charge is -2.36. The molecule has 2 aliphatic heterocycles. The third kappa shape index (κ3) is 4.88. The van der Waals surface area contributed by atoms with Gasteiger partial charge in [-0.05, 0) is 95.3 Å².